The summed E-state index contributed by atoms with van der Waals surface area (Å²) in [6.07, 6.45) is 3.18. The average Bonchev–Trinajstić information content (AvgIpc) is 3.21. The molecule has 3 heterocycles. The van der Waals surface area contributed by atoms with Crippen molar-refractivity contribution in [3.8, 4) is 11.3 Å². The minimum absolute atomic E-state index is 0.0396. The van der Waals surface area contributed by atoms with Gasteiger partial charge in [0, 0.05) is 43.7 Å². The minimum Gasteiger partial charge on any atom is -0.353 e. The Morgan fingerprint density at radius 2 is 1.96 bits per heavy atom. The molecule has 1 aromatic heterocycles. The summed E-state index contributed by atoms with van der Waals surface area (Å²) in [5.41, 5.74) is 8.28. The molecule has 2 N–H and O–H groups in total. The number of hydrogen-bond acceptors (Lipinski definition) is 5. The van der Waals surface area contributed by atoms with Crippen molar-refractivity contribution < 1.29 is 4.79 Å². The summed E-state index contributed by atoms with van der Waals surface area (Å²) in [6.45, 7) is 2.27. The second-order valence-electron chi connectivity index (χ2n) is 6.45. The Bertz CT molecular complexity index is 735. The van der Waals surface area contributed by atoms with E-state index < -0.39 is 0 Å². The fourth-order valence-electron chi connectivity index (χ4n) is 3.64. The van der Waals surface area contributed by atoms with Crippen LogP contribution in [0.15, 0.2) is 42.7 Å². The van der Waals surface area contributed by atoms with E-state index in [9.17, 15) is 4.79 Å². The van der Waals surface area contributed by atoms with Crippen LogP contribution in [0.3, 0.4) is 0 Å². The number of likely N-dealkylation sites (tertiary alicyclic amines) is 1. The van der Waals surface area contributed by atoms with Gasteiger partial charge in [0.25, 0.3) is 0 Å². The Hall–Kier alpha value is -2.47. The van der Waals surface area contributed by atoms with Crippen LogP contribution in [0.4, 0.5) is 5.82 Å². The summed E-state index contributed by atoms with van der Waals surface area (Å²) < 4.78 is 0. The lowest BCUT2D eigenvalue weighted by Gasteiger charge is -2.26. The zero-order valence-electron chi connectivity index (χ0n) is 13.5. The molecule has 6 heteroatoms. The van der Waals surface area contributed by atoms with Gasteiger partial charge in [-0.3, -0.25) is 4.79 Å². The molecule has 2 aliphatic rings. The molecule has 2 aromatic rings. The molecule has 124 valence electrons. The quantitative estimate of drug-likeness (QED) is 0.921. The standard InChI is InChI=1S/C18H21N5O/c19-14-10-22(11-16(14)23-8-4-7-18(23)24)17-9-15(20-12-21-17)13-5-2-1-3-6-13/h1-3,5-6,9,12,14,16H,4,7-8,10-11,19H2/t14-,16+/m1/s1. The van der Waals surface area contributed by atoms with Crippen LogP contribution in [0.2, 0.25) is 0 Å². The Balaban J connectivity index is 1.56. The maximum atomic E-state index is 12.0. The van der Waals surface area contributed by atoms with Crippen LogP contribution < -0.4 is 10.6 Å². The van der Waals surface area contributed by atoms with Crippen molar-refractivity contribution in [2.24, 2.45) is 5.73 Å². The number of amides is 1. The van der Waals surface area contributed by atoms with Crippen molar-refractivity contribution >= 4 is 11.7 Å². The molecule has 2 saturated heterocycles. The lowest BCUT2D eigenvalue weighted by molar-refractivity contribution is -0.129. The van der Waals surface area contributed by atoms with E-state index in [2.05, 4.69) is 14.9 Å². The Morgan fingerprint density at radius 1 is 1.12 bits per heavy atom. The van der Waals surface area contributed by atoms with Crippen molar-refractivity contribution in [2.75, 3.05) is 24.5 Å². The number of nitrogens with zero attached hydrogens (tertiary/aromatic N) is 4. The number of nitrogens with two attached hydrogens (primary N) is 1. The van der Waals surface area contributed by atoms with E-state index in [0.29, 0.717) is 13.0 Å². The third-order valence-electron chi connectivity index (χ3n) is 4.89. The van der Waals surface area contributed by atoms with Crippen LogP contribution in [0.25, 0.3) is 11.3 Å². The van der Waals surface area contributed by atoms with Gasteiger partial charge in [-0.25, -0.2) is 9.97 Å². The molecule has 1 aromatic carbocycles. The first kappa shape index (κ1) is 15.1. The van der Waals surface area contributed by atoms with Crippen LogP contribution >= 0.6 is 0 Å². The van der Waals surface area contributed by atoms with Gasteiger partial charge < -0.3 is 15.5 Å². The zero-order chi connectivity index (χ0) is 16.5. The van der Waals surface area contributed by atoms with Gasteiger partial charge >= 0.3 is 0 Å². The highest BCUT2D eigenvalue weighted by molar-refractivity contribution is 5.78. The van der Waals surface area contributed by atoms with Gasteiger partial charge in [0.1, 0.15) is 12.1 Å². The zero-order valence-corrected chi connectivity index (χ0v) is 13.5. The lowest BCUT2D eigenvalue weighted by Crippen LogP contribution is -2.47. The fourth-order valence-corrected chi connectivity index (χ4v) is 3.64. The second kappa shape index (κ2) is 6.20. The second-order valence-corrected chi connectivity index (χ2v) is 6.45. The van der Waals surface area contributed by atoms with E-state index in [1.54, 1.807) is 6.33 Å². The topological polar surface area (TPSA) is 75.3 Å². The van der Waals surface area contributed by atoms with Crippen molar-refractivity contribution in [3.05, 3.63) is 42.7 Å². The lowest BCUT2D eigenvalue weighted by atomic mass is 10.1. The first-order chi connectivity index (χ1) is 11.7. The highest BCUT2D eigenvalue weighted by atomic mass is 16.2. The molecule has 4 rings (SSSR count). The number of aromatic nitrogens is 2. The molecule has 0 spiro atoms. The first-order valence-electron chi connectivity index (χ1n) is 8.40. The predicted molar refractivity (Wildman–Crippen MR) is 92.4 cm³/mol. The van der Waals surface area contributed by atoms with Gasteiger partial charge in [0.2, 0.25) is 5.91 Å². The van der Waals surface area contributed by atoms with Crippen molar-refractivity contribution in [1.29, 1.82) is 0 Å². The maximum absolute atomic E-state index is 12.0. The van der Waals surface area contributed by atoms with Crippen molar-refractivity contribution in [1.82, 2.24) is 14.9 Å². The molecule has 0 bridgehead atoms. The summed E-state index contributed by atoms with van der Waals surface area (Å²) in [6, 6.07) is 12.1. The third-order valence-corrected chi connectivity index (χ3v) is 4.89. The molecule has 1 amide bonds. The summed E-state index contributed by atoms with van der Waals surface area (Å²) in [4.78, 5) is 24.9. The monoisotopic (exact) mass is 323 g/mol. The number of rotatable bonds is 3. The van der Waals surface area contributed by atoms with Gasteiger partial charge in [-0.2, -0.15) is 0 Å². The van der Waals surface area contributed by atoms with Crippen LogP contribution in [0.1, 0.15) is 12.8 Å². The third kappa shape index (κ3) is 2.73. The summed E-state index contributed by atoms with van der Waals surface area (Å²) >= 11 is 0. The van der Waals surface area contributed by atoms with E-state index >= 15 is 0 Å². The molecule has 6 nitrogen and oxygen atoms in total. The molecule has 24 heavy (non-hydrogen) atoms. The first-order valence-corrected chi connectivity index (χ1v) is 8.40. The highest BCUT2D eigenvalue weighted by Crippen LogP contribution is 2.26. The Kier molecular flexibility index (Phi) is 3.90. The largest absolute Gasteiger partial charge is 0.353 e. The molecule has 2 fully saturated rings. The number of benzene rings is 1. The van der Waals surface area contributed by atoms with Gasteiger partial charge in [-0.15, -0.1) is 0 Å². The van der Waals surface area contributed by atoms with Gasteiger partial charge in [0.15, 0.2) is 0 Å². The summed E-state index contributed by atoms with van der Waals surface area (Å²) in [5, 5.41) is 0. The number of hydrogen-bond donors (Lipinski definition) is 1. The summed E-state index contributed by atoms with van der Waals surface area (Å²) in [5.74, 6) is 1.10. The summed E-state index contributed by atoms with van der Waals surface area (Å²) in [7, 11) is 0. The Morgan fingerprint density at radius 3 is 2.71 bits per heavy atom. The van der Waals surface area contributed by atoms with E-state index in [0.717, 1.165) is 36.6 Å². The SMILES string of the molecule is N[C@@H]1CN(c2cc(-c3ccccc3)ncn2)C[C@@H]1N1CCCC1=O. The van der Waals surface area contributed by atoms with Crippen molar-refractivity contribution in [2.45, 2.75) is 24.9 Å². The molecule has 2 aliphatic heterocycles. The van der Waals surface area contributed by atoms with E-state index in [1.807, 2.05) is 41.3 Å². The van der Waals surface area contributed by atoms with E-state index in [-0.39, 0.29) is 18.0 Å². The average molecular weight is 323 g/mol. The minimum atomic E-state index is -0.0396. The fraction of sp³-hybridized carbons (Fsp3) is 0.389. The molecule has 0 aliphatic carbocycles. The van der Waals surface area contributed by atoms with Crippen LogP contribution in [0.5, 0.6) is 0 Å². The maximum Gasteiger partial charge on any atom is 0.223 e. The molecular weight excluding hydrogens is 302 g/mol. The molecular formula is C18H21N5O. The van der Waals surface area contributed by atoms with E-state index in [1.165, 1.54) is 0 Å². The highest BCUT2D eigenvalue weighted by Gasteiger charge is 2.38. The number of carbonyl (C=O) groups excluding carboxylic acids is 1. The molecule has 0 radical (unpaired) electrons. The molecule has 2 atom stereocenters. The Labute approximate surface area is 141 Å². The smallest absolute Gasteiger partial charge is 0.223 e. The van der Waals surface area contributed by atoms with E-state index in [4.69, 9.17) is 5.73 Å². The van der Waals surface area contributed by atoms with Crippen LogP contribution in [-0.4, -0.2) is 52.5 Å². The number of anilines is 1. The number of carbonyl (C=O) groups is 1. The van der Waals surface area contributed by atoms with Gasteiger partial charge in [-0.1, -0.05) is 30.3 Å². The molecule has 0 saturated carbocycles. The van der Waals surface area contributed by atoms with Crippen LogP contribution in [0, 0.1) is 0 Å². The van der Waals surface area contributed by atoms with Gasteiger partial charge in [-0.05, 0) is 6.42 Å². The molecule has 0 unspecified atom stereocenters. The van der Waals surface area contributed by atoms with Crippen molar-refractivity contribution in [3.63, 3.8) is 0 Å². The normalized spacial score (nSPS) is 24.0. The predicted octanol–water partition coefficient (Wildman–Crippen LogP) is 1.28. The van der Waals surface area contributed by atoms with Gasteiger partial charge in [0.05, 0.1) is 11.7 Å². The van der Waals surface area contributed by atoms with Crippen LogP contribution in [-0.2, 0) is 4.79 Å².